The molecule has 0 spiro atoms. The van der Waals surface area contributed by atoms with Crippen molar-refractivity contribution in [2.75, 3.05) is 13.2 Å². The van der Waals surface area contributed by atoms with Crippen LogP contribution in [-0.4, -0.2) is 41.9 Å². The van der Waals surface area contributed by atoms with Gasteiger partial charge in [-0.3, -0.25) is 9.59 Å². The second-order valence-corrected chi connectivity index (χ2v) is 6.31. The monoisotopic (exact) mass is 364 g/mol. The molecule has 2 aromatic rings. The van der Waals surface area contributed by atoms with Gasteiger partial charge >= 0.3 is 5.97 Å². The number of hydrogen-bond donors (Lipinski definition) is 1. The van der Waals surface area contributed by atoms with Crippen LogP contribution in [0.1, 0.15) is 29.8 Å². The molecule has 25 heavy (non-hydrogen) atoms. The van der Waals surface area contributed by atoms with E-state index in [1.165, 1.54) is 11.0 Å². The third-order valence-corrected chi connectivity index (χ3v) is 4.39. The second-order valence-electron chi connectivity index (χ2n) is 5.87. The van der Waals surface area contributed by atoms with Gasteiger partial charge in [-0.05, 0) is 43.5 Å². The van der Waals surface area contributed by atoms with Gasteiger partial charge in [0.15, 0.2) is 6.61 Å². The quantitative estimate of drug-likeness (QED) is 0.837. The highest BCUT2D eigenvalue weighted by molar-refractivity contribution is 6.31. The van der Waals surface area contributed by atoms with Crippen molar-refractivity contribution in [3.8, 4) is 0 Å². The van der Waals surface area contributed by atoms with Gasteiger partial charge in [0.25, 0.3) is 5.91 Å². The van der Waals surface area contributed by atoms with Gasteiger partial charge in [-0.25, -0.2) is 4.79 Å². The van der Waals surface area contributed by atoms with Gasteiger partial charge in [-0.15, -0.1) is 0 Å². The highest BCUT2D eigenvalue weighted by Gasteiger charge is 2.31. The van der Waals surface area contributed by atoms with Crippen LogP contribution in [0, 0.1) is 0 Å². The molecule has 132 valence electrons. The Morgan fingerprint density at radius 1 is 1.28 bits per heavy atom. The SMILES string of the molecule is NC(=O)[C@H]1CCCCN1C(=O)COC(=O)c1cc2cc(Cl)ccc2o1. The van der Waals surface area contributed by atoms with Crippen LogP contribution in [0.5, 0.6) is 0 Å². The van der Waals surface area contributed by atoms with Gasteiger partial charge < -0.3 is 19.8 Å². The van der Waals surface area contributed by atoms with Crippen molar-refractivity contribution >= 4 is 40.4 Å². The van der Waals surface area contributed by atoms with Crippen LogP contribution in [0.3, 0.4) is 0 Å². The molecule has 0 radical (unpaired) electrons. The molecule has 2 heterocycles. The van der Waals surface area contributed by atoms with Gasteiger partial charge in [0.1, 0.15) is 11.6 Å². The number of piperidine rings is 1. The van der Waals surface area contributed by atoms with Crippen LogP contribution in [0.15, 0.2) is 28.7 Å². The molecule has 0 unspecified atom stereocenters. The summed E-state index contributed by atoms with van der Waals surface area (Å²) in [5.41, 5.74) is 5.82. The van der Waals surface area contributed by atoms with Crippen LogP contribution in [0.2, 0.25) is 5.02 Å². The van der Waals surface area contributed by atoms with Crippen LogP contribution in [0.4, 0.5) is 0 Å². The average molecular weight is 365 g/mol. The van der Waals surface area contributed by atoms with Crippen molar-refractivity contribution in [2.24, 2.45) is 5.73 Å². The first-order valence-corrected chi connectivity index (χ1v) is 8.28. The minimum Gasteiger partial charge on any atom is -0.450 e. The number of rotatable bonds is 4. The molecule has 0 bridgehead atoms. The Labute approximate surface area is 148 Å². The summed E-state index contributed by atoms with van der Waals surface area (Å²) in [5.74, 6) is -1.77. The maximum absolute atomic E-state index is 12.3. The zero-order chi connectivity index (χ0) is 18.0. The predicted molar refractivity (Wildman–Crippen MR) is 90.1 cm³/mol. The summed E-state index contributed by atoms with van der Waals surface area (Å²) in [6, 6.07) is 5.81. The summed E-state index contributed by atoms with van der Waals surface area (Å²) in [7, 11) is 0. The molecule has 1 saturated heterocycles. The zero-order valence-electron chi connectivity index (χ0n) is 13.4. The number of furan rings is 1. The van der Waals surface area contributed by atoms with E-state index in [-0.39, 0.29) is 5.76 Å². The van der Waals surface area contributed by atoms with Crippen molar-refractivity contribution in [1.29, 1.82) is 0 Å². The number of halogens is 1. The Morgan fingerprint density at radius 3 is 2.84 bits per heavy atom. The van der Waals surface area contributed by atoms with Crippen molar-refractivity contribution in [3.05, 3.63) is 35.0 Å². The Bertz CT molecular complexity index is 832. The molecule has 1 aromatic heterocycles. The summed E-state index contributed by atoms with van der Waals surface area (Å²) in [6.45, 7) is -0.0481. The molecule has 0 aliphatic carbocycles. The lowest BCUT2D eigenvalue weighted by Crippen LogP contribution is -2.51. The zero-order valence-corrected chi connectivity index (χ0v) is 14.1. The number of esters is 1. The second kappa shape index (κ2) is 7.14. The summed E-state index contributed by atoms with van der Waals surface area (Å²) in [5, 5.41) is 1.18. The molecule has 1 aliphatic heterocycles. The molecule has 7 nitrogen and oxygen atoms in total. The standard InChI is InChI=1S/C17H17ClN2O5/c18-11-4-5-13-10(7-11)8-14(25-13)17(23)24-9-15(21)20-6-2-1-3-12(20)16(19)22/h4-5,7-8,12H,1-3,6,9H2,(H2,19,22)/t12-/m1/s1. The summed E-state index contributed by atoms with van der Waals surface area (Å²) in [4.78, 5) is 37.2. The minimum absolute atomic E-state index is 0.0184. The van der Waals surface area contributed by atoms with Crippen LogP contribution in [0.25, 0.3) is 11.0 Å². The van der Waals surface area contributed by atoms with E-state index in [2.05, 4.69) is 0 Å². The molecule has 3 rings (SSSR count). The molecule has 2 amide bonds. The molecule has 1 fully saturated rings. The fourth-order valence-corrected chi connectivity index (χ4v) is 3.10. The first-order chi connectivity index (χ1) is 12.0. The first kappa shape index (κ1) is 17.3. The number of nitrogens with zero attached hydrogens (tertiary/aromatic N) is 1. The Balaban J connectivity index is 1.64. The van der Waals surface area contributed by atoms with E-state index in [1.807, 2.05) is 0 Å². The number of carbonyl (C=O) groups is 3. The van der Waals surface area contributed by atoms with Gasteiger partial charge in [-0.1, -0.05) is 11.6 Å². The van der Waals surface area contributed by atoms with Crippen LogP contribution < -0.4 is 5.73 Å². The molecular formula is C17H17ClN2O5. The van der Waals surface area contributed by atoms with Crippen molar-refractivity contribution in [1.82, 2.24) is 4.90 Å². The van der Waals surface area contributed by atoms with Gasteiger partial charge in [0.2, 0.25) is 11.7 Å². The number of carbonyl (C=O) groups excluding carboxylic acids is 3. The van der Waals surface area contributed by atoms with E-state index < -0.39 is 30.4 Å². The van der Waals surface area contributed by atoms with Crippen molar-refractivity contribution < 1.29 is 23.5 Å². The molecule has 1 aliphatic rings. The molecule has 8 heteroatoms. The highest BCUT2D eigenvalue weighted by Crippen LogP contribution is 2.23. The third-order valence-electron chi connectivity index (χ3n) is 4.16. The number of benzene rings is 1. The van der Waals surface area contributed by atoms with Crippen molar-refractivity contribution in [3.63, 3.8) is 0 Å². The maximum Gasteiger partial charge on any atom is 0.374 e. The van der Waals surface area contributed by atoms with E-state index in [1.54, 1.807) is 18.2 Å². The Hall–Kier alpha value is -2.54. The van der Waals surface area contributed by atoms with E-state index in [9.17, 15) is 14.4 Å². The Morgan fingerprint density at radius 2 is 2.08 bits per heavy atom. The molecule has 2 N–H and O–H groups in total. The molecule has 1 aromatic carbocycles. The summed E-state index contributed by atoms with van der Waals surface area (Å²) in [6.07, 6.45) is 2.14. The minimum atomic E-state index is -0.756. The fraction of sp³-hybridized carbons (Fsp3) is 0.353. The third kappa shape index (κ3) is 3.76. The Kier molecular flexibility index (Phi) is 4.94. The van der Waals surface area contributed by atoms with Gasteiger partial charge in [0.05, 0.1) is 0 Å². The predicted octanol–water partition coefficient (Wildman–Crippen LogP) is 2.11. The van der Waals surface area contributed by atoms with Gasteiger partial charge in [-0.2, -0.15) is 0 Å². The number of nitrogens with two attached hydrogens (primary N) is 1. The average Bonchev–Trinajstić information content (AvgIpc) is 3.02. The normalized spacial score (nSPS) is 17.5. The largest absolute Gasteiger partial charge is 0.450 e. The smallest absolute Gasteiger partial charge is 0.374 e. The fourth-order valence-electron chi connectivity index (χ4n) is 2.92. The number of likely N-dealkylation sites (tertiary alicyclic amines) is 1. The van der Waals surface area contributed by atoms with E-state index in [4.69, 9.17) is 26.5 Å². The van der Waals surface area contributed by atoms with Gasteiger partial charge in [0, 0.05) is 17.0 Å². The lowest BCUT2D eigenvalue weighted by molar-refractivity contribution is -0.143. The highest BCUT2D eigenvalue weighted by atomic mass is 35.5. The van der Waals surface area contributed by atoms with Crippen LogP contribution >= 0.6 is 11.6 Å². The lowest BCUT2D eigenvalue weighted by Gasteiger charge is -2.33. The topological polar surface area (TPSA) is 103 Å². The molecule has 0 saturated carbocycles. The van der Waals surface area contributed by atoms with E-state index in [0.717, 1.165) is 12.8 Å². The lowest BCUT2D eigenvalue weighted by atomic mass is 10.0. The van der Waals surface area contributed by atoms with Crippen LogP contribution in [-0.2, 0) is 14.3 Å². The van der Waals surface area contributed by atoms with Crippen molar-refractivity contribution in [2.45, 2.75) is 25.3 Å². The molecular weight excluding hydrogens is 348 g/mol. The number of hydrogen-bond acceptors (Lipinski definition) is 5. The maximum atomic E-state index is 12.3. The first-order valence-electron chi connectivity index (χ1n) is 7.90. The molecule has 1 atom stereocenters. The number of amides is 2. The summed E-state index contributed by atoms with van der Waals surface area (Å²) >= 11 is 5.89. The number of primary amides is 1. The van der Waals surface area contributed by atoms with E-state index in [0.29, 0.717) is 29.0 Å². The number of ether oxygens (including phenoxy) is 1. The van der Waals surface area contributed by atoms with E-state index >= 15 is 0 Å². The summed E-state index contributed by atoms with van der Waals surface area (Å²) < 4.78 is 10.4. The number of fused-ring (bicyclic) bond motifs is 1.